The van der Waals surface area contributed by atoms with E-state index in [1.165, 1.54) is 4.90 Å². The van der Waals surface area contributed by atoms with E-state index in [1.54, 1.807) is 25.1 Å². The quantitative estimate of drug-likeness (QED) is 0.157. The lowest BCUT2D eigenvalue weighted by atomic mass is 9.76. The average molecular weight is 627 g/mol. The second-order valence-corrected chi connectivity index (χ2v) is 17.2. The van der Waals surface area contributed by atoms with Crippen LogP contribution in [-0.4, -0.2) is 69.4 Å². The Morgan fingerprint density at radius 1 is 1.02 bits per heavy atom. The van der Waals surface area contributed by atoms with Crippen molar-refractivity contribution in [2.24, 2.45) is 5.92 Å². The molecule has 0 saturated carbocycles. The van der Waals surface area contributed by atoms with E-state index in [0.717, 1.165) is 5.56 Å². The normalized spacial score (nSPS) is 19.5. The number of carboxylic acid groups (broad SMARTS) is 1. The second-order valence-electron chi connectivity index (χ2n) is 11.6. The number of rotatable bonds is 11. The number of para-hydroxylation sites is 1. The molecule has 1 N–H and O–H groups in total. The number of amides is 1. The molecule has 0 bridgehead atoms. The predicted octanol–water partition coefficient (Wildman–Crippen LogP) is 7.49. The molecule has 3 unspecified atom stereocenters. The van der Waals surface area contributed by atoms with E-state index in [-0.39, 0.29) is 37.4 Å². The minimum Gasteiger partial charge on any atom is -0.490 e. The zero-order chi connectivity index (χ0) is 30.4. The van der Waals surface area contributed by atoms with Crippen molar-refractivity contribution in [2.75, 3.05) is 33.0 Å². The van der Waals surface area contributed by atoms with E-state index in [1.807, 2.05) is 24.3 Å². The van der Waals surface area contributed by atoms with E-state index in [2.05, 4.69) is 33.9 Å². The van der Waals surface area contributed by atoms with Crippen molar-refractivity contribution >= 4 is 43.6 Å². The first kappa shape index (κ1) is 33.0. The lowest BCUT2D eigenvalue weighted by molar-refractivity contribution is -0.153. The summed E-state index contributed by atoms with van der Waals surface area (Å²) in [7, 11) is -2.20. The number of hydrogen-bond donors (Lipinski definition) is 1. The topological polar surface area (TPSA) is 94.5 Å². The molecule has 8 nitrogen and oxygen atoms in total. The van der Waals surface area contributed by atoms with E-state index in [0.29, 0.717) is 34.5 Å². The maximum atomic E-state index is 13.3. The molecule has 2 aromatic rings. The molecular formula is C30H41Cl2NO7Si. The second kappa shape index (κ2) is 14.1. The first-order chi connectivity index (χ1) is 19.3. The Labute approximate surface area is 253 Å². The van der Waals surface area contributed by atoms with Gasteiger partial charge in [-0.25, -0.2) is 4.79 Å². The van der Waals surface area contributed by atoms with Gasteiger partial charge in [0.05, 0.1) is 35.2 Å². The summed E-state index contributed by atoms with van der Waals surface area (Å²) in [5.41, 5.74) is 0.914. The molecule has 0 spiro atoms. The van der Waals surface area contributed by atoms with Gasteiger partial charge >= 0.3 is 12.1 Å². The highest BCUT2D eigenvalue weighted by Crippen LogP contribution is 2.41. The van der Waals surface area contributed by atoms with Gasteiger partial charge in [-0.2, -0.15) is 0 Å². The highest BCUT2D eigenvalue weighted by Gasteiger charge is 2.47. The summed E-state index contributed by atoms with van der Waals surface area (Å²) < 4.78 is 23.4. The van der Waals surface area contributed by atoms with Crippen molar-refractivity contribution in [3.05, 3.63) is 58.1 Å². The first-order valence-electron chi connectivity index (χ1n) is 13.9. The van der Waals surface area contributed by atoms with Gasteiger partial charge in [-0.05, 0) is 61.3 Å². The lowest BCUT2D eigenvalue weighted by Gasteiger charge is -2.45. The largest absolute Gasteiger partial charge is 0.490 e. The number of halogens is 2. The SMILES string of the molecule is CCOC(=O)C1C(c2ccc(OCCOc3c(Cl)cccc3Cl)cc2)CCN(C(=O)O)C1CO[Si](C)(C)C(C)(C)C. The first-order valence-corrected chi connectivity index (χ1v) is 17.5. The van der Waals surface area contributed by atoms with Crippen molar-refractivity contribution in [3.8, 4) is 11.5 Å². The fourth-order valence-corrected chi connectivity index (χ4v) is 6.22. The molecule has 0 aromatic heterocycles. The Morgan fingerprint density at radius 2 is 1.63 bits per heavy atom. The standard InChI is InChI=1S/C30H41Cl2NO7Si/c1-7-37-28(34)26-22(15-16-33(29(35)36)25(26)19-40-41(5,6)30(2,3)4)20-11-13-21(14-12-20)38-17-18-39-27-23(31)9-8-10-24(27)32/h8-14,22,25-26H,7,15-19H2,1-6H3,(H,35,36). The van der Waals surface area contributed by atoms with Gasteiger partial charge < -0.3 is 28.6 Å². The number of ether oxygens (including phenoxy) is 3. The Balaban J connectivity index is 1.75. The molecular weight excluding hydrogens is 585 g/mol. The maximum absolute atomic E-state index is 13.3. The molecule has 0 aliphatic carbocycles. The molecule has 3 rings (SSSR count). The number of piperidine rings is 1. The lowest BCUT2D eigenvalue weighted by Crippen LogP contribution is -2.57. The van der Waals surface area contributed by atoms with Gasteiger partial charge in [0.1, 0.15) is 19.0 Å². The van der Waals surface area contributed by atoms with Crippen LogP contribution >= 0.6 is 23.2 Å². The molecule has 226 valence electrons. The van der Waals surface area contributed by atoms with Crippen LogP contribution < -0.4 is 9.47 Å². The number of benzene rings is 2. The molecule has 1 fully saturated rings. The van der Waals surface area contributed by atoms with Crippen LogP contribution in [0.5, 0.6) is 11.5 Å². The highest BCUT2D eigenvalue weighted by atomic mass is 35.5. The maximum Gasteiger partial charge on any atom is 0.407 e. The van der Waals surface area contributed by atoms with E-state index in [9.17, 15) is 14.7 Å². The molecule has 41 heavy (non-hydrogen) atoms. The minimum atomic E-state index is -2.20. The van der Waals surface area contributed by atoms with Crippen LogP contribution in [0.25, 0.3) is 0 Å². The Morgan fingerprint density at radius 3 is 2.20 bits per heavy atom. The summed E-state index contributed by atoms with van der Waals surface area (Å²) in [5.74, 6) is -0.304. The molecule has 3 atom stereocenters. The summed E-state index contributed by atoms with van der Waals surface area (Å²) in [6.45, 7) is 13.5. The van der Waals surface area contributed by atoms with Crippen LogP contribution in [0, 0.1) is 5.92 Å². The number of esters is 1. The Hall–Kier alpha value is -2.46. The van der Waals surface area contributed by atoms with Crippen molar-refractivity contribution in [2.45, 2.75) is 64.2 Å². The van der Waals surface area contributed by atoms with E-state index < -0.39 is 32.3 Å². The van der Waals surface area contributed by atoms with Crippen LogP contribution in [0.2, 0.25) is 28.2 Å². The number of carbonyl (C=O) groups is 2. The van der Waals surface area contributed by atoms with Crippen molar-refractivity contribution in [1.29, 1.82) is 0 Å². The van der Waals surface area contributed by atoms with Gasteiger partial charge in [-0.15, -0.1) is 0 Å². The van der Waals surface area contributed by atoms with Gasteiger partial charge in [0, 0.05) is 12.5 Å². The van der Waals surface area contributed by atoms with Gasteiger partial charge in [-0.1, -0.05) is 62.2 Å². The van der Waals surface area contributed by atoms with E-state index in [4.69, 9.17) is 41.8 Å². The fourth-order valence-electron chi connectivity index (χ4n) is 4.70. The molecule has 1 heterocycles. The van der Waals surface area contributed by atoms with Crippen molar-refractivity contribution in [1.82, 2.24) is 4.90 Å². The summed E-state index contributed by atoms with van der Waals surface area (Å²) in [6.07, 6.45) is -0.579. The Bertz CT molecular complexity index is 1170. The smallest absolute Gasteiger partial charge is 0.407 e. The van der Waals surface area contributed by atoms with Crippen LogP contribution in [0.15, 0.2) is 42.5 Å². The summed E-state index contributed by atoms with van der Waals surface area (Å²) >= 11 is 12.3. The van der Waals surface area contributed by atoms with Gasteiger partial charge in [0.2, 0.25) is 0 Å². The molecule has 1 aliphatic rings. The summed E-state index contributed by atoms with van der Waals surface area (Å²) in [5, 5.41) is 10.8. The number of likely N-dealkylation sites (tertiary alicyclic amines) is 1. The number of nitrogens with zero attached hydrogens (tertiary/aromatic N) is 1. The summed E-state index contributed by atoms with van der Waals surface area (Å²) in [6, 6.07) is 12.0. The fraction of sp³-hybridized carbons (Fsp3) is 0.533. The third kappa shape index (κ3) is 8.31. The number of carbonyl (C=O) groups excluding carboxylic acids is 1. The monoisotopic (exact) mass is 625 g/mol. The van der Waals surface area contributed by atoms with Crippen LogP contribution in [0.1, 0.15) is 45.6 Å². The van der Waals surface area contributed by atoms with Crippen LogP contribution in [-0.2, 0) is 14.0 Å². The van der Waals surface area contributed by atoms with Crippen LogP contribution in [0.3, 0.4) is 0 Å². The van der Waals surface area contributed by atoms with Crippen LogP contribution in [0.4, 0.5) is 4.79 Å². The molecule has 2 aromatic carbocycles. The zero-order valence-electron chi connectivity index (χ0n) is 24.6. The third-order valence-corrected chi connectivity index (χ3v) is 13.1. The van der Waals surface area contributed by atoms with Gasteiger partial charge in [0.15, 0.2) is 14.1 Å². The Kier molecular flexibility index (Phi) is 11.4. The highest BCUT2D eigenvalue weighted by molar-refractivity contribution is 6.74. The molecule has 1 amide bonds. The third-order valence-electron chi connectivity index (χ3n) is 7.98. The zero-order valence-corrected chi connectivity index (χ0v) is 27.1. The average Bonchev–Trinajstić information content (AvgIpc) is 2.90. The summed E-state index contributed by atoms with van der Waals surface area (Å²) in [4.78, 5) is 26.9. The van der Waals surface area contributed by atoms with E-state index >= 15 is 0 Å². The molecule has 11 heteroatoms. The number of hydrogen-bond acceptors (Lipinski definition) is 6. The minimum absolute atomic E-state index is 0.0605. The van der Waals surface area contributed by atoms with Gasteiger partial charge in [0.25, 0.3) is 0 Å². The van der Waals surface area contributed by atoms with Crippen molar-refractivity contribution < 1.29 is 33.3 Å². The molecule has 1 saturated heterocycles. The predicted molar refractivity (Wildman–Crippen MR) is 163 cm³/mol. The molecule has 1 aliphatic heterocycles. The van der Waals surface area contributed by atoms with Crippen molar-refractivity contribution in [3.63, 3.8) is 0 Å². The van der Waals surface area contributed by atoms with Gasteiger partial charge in [-0.3, -0.25) is 4.79 Å². The molecule has 0 radical (unpaired) electrons.